The Hall–Kier alpha value is -2.00. The highest BCUT2D eigenvalue weighted by atomic mass is 127. The van der Waals surface area contributed by atoms with Crippen LogP contribution >= 0.6 is 24.0 Å². The first-order valence-corrected chi connectivity index (χ1v) is 10.3. The normalized spacial score (nSPS) is 15.2. The van der Waals surface area contributed by atoms with Crippen LogP contribution < -0.4 is 20.1 Å². The Kier molecular flexibility index (Phi) is 10.8. The Morgan fingerprint density at radius 3 is 2.50 bits per heavy atom. The zero-order chi connectivity index (χ0) is 20.3. The van der Waals surface area contributed by atoms with Gasteiger partial charge in [-0.2, -0.15) is 0 Å². The fourth-order valence-electron chi connectivity index (χ4n) is 3.49. The predicted molar refractivity (Wildman–Crippen MR) is 133 cm³/mol. The number of nitrogens with zero attached hydrogens (tertiary/aromatic N) is 2. The van der Waals surface area contributed by atoms with Crippen molar-refractivity contribution in [3.63, 3.8) is 0 Å². The molecular weight excluding hydrogens is 491 g/mol. The molecule has 0 saturated carbocycles. The van der Waals surface area contributed by atoms with Crippen LogP contribution in [0.25, 0.3) is 0 Å². The number of ether oxygens (including phenoxy) is 2. The van der Waals surface area contributed by atoms with Crippen molar-refractivity contribution < 1.29 is 9.47 Å². The van der Waals surface area contributed by atoms with Gasteiger partial charge < -0.3 is 20.1 Å². The van der Waals surface area contributed by atoms with Gasteiger partial charge in [-0.1, -0.05) is 36.4 Å². The lowest BCUT2D eigenvalue weighted by Gasteiger charge is -2.33. The molecule has 0 amide bonds. The van der Waals surface area contributed by atoms with E-state index < -0.39 is 0 Å². The van der Waals surface area contributed by atoms with E-state index in [2.05, 4.69) is 50.9 Å². The molecule has 164 valence electrons. The Labute approximate surface area is 197 Å². The molecule has 0 radical (unpaired) electrons. The van der Waals surface area contributed by atoms with Crippen LogP contribution in [-0.4, -0.2) is 57.3 Å². The number of aliphatic imine (C=N–C) groups is 1. The summed E-state index contributed by atoms with van der Waals surface area (Å²) in [6, 6.07) is 18.8. The van der Waals surface area contributed by atoms with Gasteiger partial charge in [-0.05, 0) is 30.5 Å². The highest BCUT2D eigenvalue weighted by Crippen LogP contribution is 2.18. The van der Waals surface area contributed by atoms with Gasteiger partial charge in [-0.25, -0.2) is 0 Å². The number of halogens is 1. The van der Waals surface area contributed by atoms with Crippen LogP contribution in [0.2, 0.25) is 0 Å². The van der Waals surface area contributed by atoms with Gasteiger partial charge in [0.15, 0.2) is 5.96 Å². The Balaban J connectivity index is 0.00000320. The SMILES string of the molecule is CN=C(NCCOc1cccc(OC)c1)NC1CCN(Cc2ccccc2)CC1.I. The topological polar surface area (TPSA) is 58.1 Å². The second-order valence-corrected chi connectivity index (χ2v) is 7.21. The van der Waals surface area contributed by atoms with Crippen LogP contribution in [0.3, 0.4) is 0 Å². The number of hydrogen-bond donors (Lipinski definition) is 2. The van der Waals surface area contributed by atoms with E-state index in [9.17, 15) is 0 Å². The van der Waals surface area contributed by atoms with Crippen molar-refractivity contribution in [2.24, 2.45) is 4.99 Å². The number of hydrogen-bond acceptors (Lipinski definition) is 4. The molecule has 0 aromatic heterocycles. The van der Waals surface area contributed by atoms with E-state index >= 15 is 0 Å². The van der Waals surface area contributed by atoms with Crippen LogP contribution in [0.4, 0.5) is 0 Å². The van der Waals surface area contributed by atoms with E-state index in [1.165, 1.54) is 5.56 Å². The summed E-state index contributed by atoms with van der Waals surface area (Å²) in [5, 5.41) is 6.88. The second-order valence-electron chi connectivity index (χ2n) is 7.21. The number of rotatable bonds is 8. The lowest BCUT2D eigenvalue weighted by molar-refractivity contribution is 0.198. The van der Waals surface area contributed by atoms with E-state index in [1.807, 2.05) is 31.3 Å². The molecule has 2 aromatic carbocycles. The van der Waals surface area contributed by atoms with Crippen LogP contribution in [0.1, 0.15) is 18.4 Å². The minimum Gasteiger partial charge on any atom is -0.497 e. The average molecular weight is 524 g/mol. The molecule has 1 aliphatic heterocycles. The van der Waals surface area contributed by atoms with E-state index in [0.717, 1.165) is 49.9 Å². The number of methoxy groups -OCH3 is 1. The van der Waals surface area contributed by atoms with E-state index in [-0.39, 0.29) is 24.0 Å². The average Bonchev–Trinajstić information content (AvgIpc) is 2.78. The molecule has 0 bridgehead atoms. The highest BCUT2D eigenvalue weighted by Gasteiger charge is 2.19. The maximum atomic E-state index is 5.77. The zero-order valence-electron chi connectivity index (χ0n) is 17.8. The van der Waals surface area contributed by atoms with Crippen molar-refractivity contribution >= 4 is 29.9 Å². The van der Waals surface area contributed by atoms with Gasteiger partial charge in [-0.3, -0.25) is 9.89 Å². The predicted octanol–water partition coefficient (Wildman–Crippen LogP) is 3.52. The summed E-state index contributed by atoms with van der Waals surface area (Å²) >= 11 is 0. The molecule has 6 nitrogen and oxygen atoms in total. The standard InChI is InChI=1S/C23H32N4O2.HI/c1-24-23(25-13-16-29-22-10-6-9-21(17-22)28-2)26-20-11-14-27(15-12-20)18-19-7-4-3-5-8-19;/h3-10,17,20H,11-16,18H2,1-2H3,(H2,24,25,26);1H. The van der Waals surface area contributed by atoms with E-state index in [0.29, 0.717) is 19.2 Å². The molecule has 1 aliphatic rings. The van der Waals surface area contributed by atoms with Crippen LogP contribution in [0.15, 0.2) is 59.6 Å². The summed E-state index contributed by atoms with van der Waals surface area (Å²) in [6.45, 7) is 4.47. The fourth-order valence-corrected chi connectivity index (χ4v) is 3.49. The first-order chi connectivity index (χ1) is 14.3. The Morgan fingerprint density at radius 1 is 1.07 bits per heavy atom. The van der Waals surface area contributed by atoms with Crippen molar-refractivity contribution in [2.45, 2.75) is 25.4 Å². The highest BCUT2D eigenvalue weighted by molar-refractivity contribution is 14.0. The minimum atomic E-state index is 0. The summed E-state index contributed by atoms with van der Waals surface area (Å²) in [5.74, 6) is 2.44. The summed E-state index contributed by atoms with van der Waals surface area (Å²) in [4.78, 5) is 6.87. The van der Waals surface area contributed by atoms with Crippen molar-refractivity contribution in [1.29, 1.82) is 0 Å². The lowest BCUT2D eigenvalue weighted by atomic mass is 10.0. The largest absolute Gasteiger partial charge is 0.497 e. The molecule has 1 heterocycles. The Bertz CT molecular complexity index is 765. The van der Waals surface area contributed by atoms with Gasteiger partial charge in [0.05, 0.1) is 13.7 Å². The summed E-state index contributed by atoms with van der Waals surface area (Å²) < 4.78 is 11.0. The third kappa shape index (κ3) is 8.02. The molecule has 2 aromatic rings. The molecule has 0 unspecified atom stereocenters. The molecule has 2 N–H and O–H groups in total. The van der Waals surface area contributed by atoms with Gasteiger partial charge >= 0.3 is 0 Å². The molecule has 30 heavy (non-hydrogen) atoms. The number of benzene rings is 2. The van der Waals surface area contributed by atoms with Gasteiger partial charge in [0.25, 0.3) is 0 Å². The monoisotopic (exact) mass is 524 g/mol. The molecule has 0 spiro atoms. The first-order valence-electron chi connectivity index (χ1n) is 10.3. The maximum absolute atomic E-state index is 5.77. The van der Waals surface area contributed by atoms with Crippen molar-refractivity contribution in [3.05, 3.63) is 60.2 Å². The lowest BCUT2D eigenvalue weighted by Crippen LogP contribution is -2.49. The van der Waals surface area contributed by atoms with Crippen LogP contribution in [-0.2, 0) is 6.54 Å². The van der Waals surface area contributed by atoms with Crippen LogP contribution in [0.5, 0.6) is 11.5 Å². The van der Waals surface area contributed by atoms with E-state index in [4.69, 9.17) is 9.47 Å². The number of nitrogens with one attached hydrogen (secondary N) is 2. The summed E-state index contributed by atoms with van der Waals surface area (Å²) in [6.07, 6.45) is 2.24. The number of likely N-dealkylation sites (tertiary alicyclic amines) is 1. The van der Waals surface area contributed by atoms with Gasteiger partial charge in [0.1, 0.15) is 18.1 Å². The van der Waals surface area contributed by atoms with Gasteiger partial charge in [0.2, 0.25) is 0 Å². The second kappa shape index (κ2) is 13.3. The maximum Gasteiger partial charge on any atom is 0.191 e. The Morgan fingerprint density at radius 2 is 1.80 bits per heavy atom. The molecular formula is C23H33IN4O2. The molecule has 7 heteroatoms. The molecule has 1 fully saturated rings. The zero-order valence-corrected chi connectivity index (χ0v) is 20.2. The quantitative estimate of drug-likeness (QED) is 0.240. The third-order valence-corrected chi connectivity index (χ3v) is 5.11. The first kappa shape index (κ1) is 24.3. The molecule has 0 aliphatic carbocycles. The number of guanidine groups is 1. The van der Waals surface area contributed by atoms with Crippen molar-refractivity contribution in [3.8, 4) is 11.5 Å². The van der Waals surface area contributed by atoms with Crippen LogP contribution in [0, 0.1) is 0 Å². The van der Waals surface area contributed by atoms with Crippen molar-refractivity contribution in [2.75, 3.05) is 40.4 Å². The third-order valence-electron chi connectivity index (χ3n) is 5.11. The summed E-state index contributed by atoms with van der Waals surface area (Å²) in [5.41, 5.74) is 1.38. The molecule has 3 rings (SSSR count). The number of piperidine rings is 1. The summed E-state index contributed by atoms with van der Waals surface area (Å²) in [7, 11) is 3.46. The minimum absolute atomic E-state index is 0. The smallest absolute Gasteiger partial charge is 0.191 e. The fraction of sp³-hybridized carbons (Fsp3) is 0.435. The van der Waals surface area contributed by atoms with Gasteiger partial charge in [-0.15, -0.1) is 24.0 Å². The molecule has 0 atom stereocenters. The molecule has 1 saturated heterocycles. The van der Waals surface area contributed by atoms with E-state index in [1.54, 1.807) is 7.11 Å². The van der Waals surface area contributed by atoms with Gasteiger partial charge in [0, 0.05) is 38.8 Å². The van der Waals surface area contributed by atoms with Crippen molar-refractivity contribution in [1.82, 2.24) is 15.5 Å².